The molecule has 0 amide bonds. The Balaban J connectivity index is 3.09. The third-order valence-corrected chi connectivity index (χ3v) is 3.93. The van der Waals surface area contributed by atoms with Crippen molar-refractivity contribution in [1.82, 2.24) is 21.3 Å². The van der Waals surface area contributed by atoms with Crippen LogP contribution in [0, 0.1) is 0 Å². The summed E-state index contributed by atoms with van der Waals surface area (Å²) in [6, 6.07) is -0.830. The number of carboxylic acid groups (broad SMARTS) is 3. The number of nitrogens with one attached hydrogen (secondary N) is 4. The highest BCUT2D eigenvalue weighted by Crippen LogP contribution is 2.23. The van der Waals surface area contributed by atoms with Gasteiger partial charge in [0, 0.05) is 45.3 Å². The van der Waals surface area contributed by atoms with Gasteiger partial charge in [0.25, 0.3) is 0 Å². The van der Waals surface area contributed by atoms with Gasteiger partial charge in [-0.3, -0.25) is 14.4 Å². The van der Waals surface area contributed by atoms with E-state index in [-0.39, 0.29) is 6.42 Å². The molecule has 0 bridgehead atoms. The average Bonchev–Trinajstić information content (AvgIpc) is 2.44. The van der Waals surface area contributed by atoms with Crippen molar-refractivity contribution in [2.45, 2.75) is 30.8 Å². The number of aliphatic carboxylic acids is 3. The molecule has 0 aromatic rings. The molecule has 138 valence electrons. The second-order valence-corrected chi connectivity index (χ2v) is 5.83. The van der Waals surface area contributed by atoms with Gasteiger partial charge in [-0.05, 0) is 0 Å². The van der Waals surface area contributed by atoms with E-state index in [1.807, 2.05) is 0 Å². The predicted octanol–water partition coefficient (Wildman–Crippen LogP) is -2.11. The van der Waals surface area contributed by atoms with E-state index in [4.69, 9.17) is 5.11 Å². The molecule has 1 fully saturated rings. The third kappa shape index (κ3) is 7.21. The molecule has 10 heteroatoms. The third-order valence-electron chi connectivity index (χ3n) is 3.93. The average molecular weight is 346 g/mol. The molecule has 1 heterocycles. The lowest BCUT2D eigenvalue weighted by atomic mass is 9.81. The first-order chi connectivity index (χ1) is 11.4. The summed E-state index contributed by atoms with van der Waals surface area (Å²) in [7, 11) is 0. The van der Waals surface area contributed by atoms with Crippen molar-refractivity contribution in [3.05, 3.63) is 0 Å². The Morgan fingerprint density at radius 3 is 1.79 bits per heavy atom. The Labute approximate surface area is 140 Å². The maximum atomic E-state index is 11.3. The van der Waals surface area contributed by atoms with Crippen molar-refractivity contribution in [2.75, 3.05) is 39.3 Å². The normalized spacial score (nSPS) is 22.8. The molecule has 1 rings (SSSR count). The van der Waals surface area contributed by atoms with E-state index in [0.717, 1.165) is 13.1 Å². The fraction of sp³-hybridized carbons (Fsp3) is 0.786. The second kappa shape index (κ2) is 10.2. The van der Waals surface area contributed by atoms with Crippen LogP contribution in [0.15, 0.2) is 0 Å². The zero-order valence-corrected chi connectivity index (χ0v) is 13.5. The number of carboxylic acids is 3. The van der Waals surface area contributed by atoms with Gasteiger partial charge in [0.05, 0.1) is 24.8 Å². The van der Waals surface area contributed by atoms with Gasteiger partial charge in [-0.2, -0.15) is 0 Å². The van der Waals surface area contributed by atoms with Gasteiger partial charge in [0.1, 0.15) is 0 Å². The van der Waals surface area contributed by atoms with Gasteiger partial charge in [0.15, 0.2) is 0 Å². The summed E-state index contributed by atoms with van der Waals surface area (Å²) in [6.45, 7) is 3.29. The lowest BCUT2D eigenvalue weighted by molar-refractivity contribution is -0.145. The number of carbonyl (C=O) groups is 3. The van der Waals surface area contributed by atoms with Crippen LogP contribution < -0.4 is 21.3 Å². The molecule has 0 aliphatic carbocycles. The Morgan fingerprint density at radius 2 is 1.29 bits per heavy atom. The maximum Gasteiger partial charge on any atom is 0.305 e. The fourth-order valence-corrected chi connectivity index (χ4v) is 2.90. The highest BCUT2D eigenvalue weighted by molar-refractivity contribution is 5.74. The van der Waals surface area contributed by atoms with Crippen molar-refractivity contribution in [1.29, 1.82) is 0 Å². The van der Waals surface area contributed by atoms with E-state index in [1.54, 1.807) is 0 Å². The summed E-state index contributed by atoms with van der Waals surface area (Å²) >= 11 is 0. The number of hydrogen-bond acceptors (Lipinski definition) is 7. The molecule has 1 saturated heterocycles. The number of hydrogen-bond donors (Lipinski definition) is 7. The Bertz CT molecular complexity index is 429. The molecule has 0 saturated carbocycles. The molecular formula is C14H26N4O6. The van der Waals surface area contributed by atoms with Crippen LogP contribution in [0.3, 0.4) is 0 Å². The molecule has 1 aliphatic rings. The zero-order chi connectivity index (χ0) is 18.0. The number of rotatable bonds is 6. The summed E-state index contributed by atoms with van der Waals surface area (Å²) in [4.78, 5) is 33.9. The molecule has 1 aliphatic heterocycles. The smallest absolute Gasteiger partial charge is 0.305 e. The van der Waals surface area contributed by atoms with Gasteiger partial charge < -0.3 is 36.6 Å². The van der Waals surface area contributed by atoms with Gasteiger partial charge in [-0.15, -0.1) is 0 Å². The quantitative estimate of drug-likeness (QED) is 0.283. The van der Waals surface area contributed by atoms with E-state index in [9.17, 15) is 24.6 Å². The predicted molar refractivity (Wildman–Crippen MR) is 85.0 cm³/mol. The Kier molecular flexibility index (Phi) is 8.61. The first-order valence-corrected chi connectivity index (χ1v) is 7.91. The van der Waals surface area contributed by atoms with Crippen LogP contribution in [0.5, 0.6) is 0 Å². The molecule has 7 N–H and O–H groups in total. The van der Waals surface area contributed by atoms with Crippen molar-refractivity contribution in [3.8, 4) is 0 Å². The van der Waals surface area contributed by atoms with Crippen LogP contribution in [0.2, 0.25) is 0 Å². The molecule has 1 unspecified atom stereocenters. The van der Waals surface area contributed by atoms with Gasteiger partial charge in [0.2, 0.25) is 0 Å². The molecule has 0 radical (unpaired) electrons. The van der Waals surface area contributed by atoms with Crippen LogP contribution in [-0.4, -0.2) is 84.1 Å². The van der Waals surface area contributed by atoms with Gasteiger partial charge >= 0.3 is 17.9 Å². The van der Waals surface area contributed by atoms with E-state index in [0.29, 0.717) is 26.2 Å². The summed E-state index contributed by atoms with van der Waals surface area (Å²) in [5, 5.41) is 40.0. The van der Waals surface area contributed by atoms with Crippen molar-refractivity contribution in [2.24, 2.45) is 0 Å². The van der Waals surface area contributed by atoms with Crippen LogP contribution in [0.25, 0.3) is 0 Å². The zero-order valence-electron chi connectivity index (χ0n) is 13.5. The first kappa shape index (κ1) is 20.3. The molecule has 1 atom stereocenters. The molecule has 0 aromatic carbocycles. The van der Waals surface area contributed by atoms with Crippen LogP contribution >= 0.6 is 0 Å². The molecular weight excluding hydrogens is 320 g/mol. The van der Waals surface area contributed by atoms with Crippen molar-refractivity contribution in [3.63, 3.8) is 0 Å². The monoisotopic (exact) mass is 346 g/mol. The SMILES string of the molecule is O=C(O)CC1NCCNCCNCCNC1(CC(=O)O)CC(=O)O. The first-order valence-electron chi connectivity index (χ1n) is 7.91. The van der Waals surface area contributed by atoms with E-state index < -0.39 is 42.3 Å². The van der Waals surface area contributed by atoms with Crippen LogP contribution in [0.4, 0.5) is 0 Å². The Morgan fingerprint density at radius 1 is 0.792 bits per heavy atom. The summed E-state index contributed by atoms with van der Waals surface area (Å²) in [5.41, 5.74) is -1.39. The lowest BCUT2D eigenvalue weighted by Crippen LogP contribution is -2.64. The Hall–Kier alpha value is -1.75. The van der Waals surface area contributed by atoms with E-state index >= 15 is 0 Å². The fourth-order valence-electron chi connectivity index (χ4n) is 2.90. The van der Waals surface area contributed by atoms with Crippen molar-refractivity contribution >= 4 is 17.9 Å². The van der Waals surface area contributed by atoms with Gasteiger partial charge in [-0.1, -0.05) is 0 Å². The minimum atomic E-state index is -1.39. The summed E-state index contributed by atoms with van der Waals surface area (Å²) in [6.07, 6.45) is -1.35. The lowest BCUT2D eigenvalue weighted by Gasteiger charge is -2.40. The topological polar surface area (TPSA) is 160 Å². The molecule has 0 spiro atoms. The van der Waals surface area contributed by atoms with Gasteiger partial charge in [-0.25, -0.2) is 0 Å². The largest absolute Gasteiger partial charge is 0.481 e. The van der Waals surface area contributed by atoms with Crippen LogP contribution in [0.1, 0.15) is 19.3 Å². The van der Waals surface area contributed by atoms with Crippen molar-refractivity contribution < 1.29 is 29.7 Å². The second-order valence-electron chi connectivity index (χ2n) is 5.83. The minimum Gasteiger partial charge on any atom is -0.481 e. The summed E-state index contributed by atoms with van der Waals surface area (Å²) < 4.78 is 0. The standard InChI is InChI=1S/C14H26N4O6/c19-11(20)7-10-14(8-12(21)22,9-13(23)24)18-6-4-16-2-1-15-3-5-17-10/h10,15-18H,1-9H2,(H,19,20)(H,21,22)(H,23,24). The molecule has 0 aromatic heterocycles. The summed E-state index contributed by atoms with van der Waals surface area (Å²) in [5.74, 6) is -3.48. The van der Waals surface area contributed by atoms with E-state index in [1.165, 1.54) is 0 Å². The maximum absolute atomic E-state index is 11.3. The highest BCUT2D eigenvalue weighted by atomic mass is 16.4. The van der Waals surface area contributed by atoms with E-state index in [2.05, 4.69) is 21.3 Å². The molecule has 10 nitrogen and oxygen atoms in total. The minimum absolute atomic E-state index is 0.332. The molecule has 24 heavy (non-hydrogen) atoms. The highest BCUT2D eigenvalue weighted by Gasteiger charge is 2.43. The van der Waals surface area contributed by atoms with Crippen LogP contribution in [-0.2, 0) is 14.4 Å².